The van der Waals surface area contributed by atoms with Crippen molar-refractivity contribution in [3.05, 3.63) is 211 Å². The van der Waals surface area contributed by atoms with Gasteiger partial charge in [0.1, 0.15) is 0 Å². The average molecular weight is 718 g/mol. The fraction of sp³-hybridized carbons (Fsp3) is 0.0196. The number of fused-ring (bicyclic) bond motifs is 15. The van der Waals surface area contributed by atoms with Gasteiger partial charge in [-0.1, -0.05) is 91.0 Å². The molecule has 11 aromatic rings. The SMILES string of the molecule is c1ccc(-n2c3ccccc3c3cc(N4c5ccccc5C5(c6cc7c8ccccc8n(-c8ccccc8)c7cc64)c4ccoc4-c4occc45)ccc32)cc1. The van der Waals surface area contributed by atoms with E-state index in [9.17, 15) is 0 Å². The first-order valence-corrected chi connectivity index (χ1v) is 19.1. The molecule has 0 saturated carbocycles. The van der Waals surface area contributed by atoms with Crippen LogP contribution in [-0.4, -0.2) is 9.13 Å². The molecule has 2 aliphatic rings. The van der Waals surface area contributed by atoms with Crippen LogP contribution in [0.1, 0.15) is 22.3 Å². The van der Waals surface area contributed by atoms with E-state index in [4.69, 9.17) is 8.83 Å². The summed E-state index contributed by atoms with van der Waals surface area (Å²) >= 11 is 0. The fourth-order valence-corrected chi connectivity index (χ4v) is 10.1. The Labute approximate surface area is 321 Å². The molecule has 1 aliphatic heterocycles. The Morgan fingerprint density at radius 2 is 0.875 bits per heavy atom. The van der Waals surface area contributed by atoms with Crippen molar-refractivity contribution < 1.29 is 8.83 Å². The van der Waals surface area contributed by atoms with E-state index in [0.29, 0.717) is 0 Å². The van der Waals surface area contributed by atoms with Crippen LogP contribution < -0.4 is 4.90 Å². The van der Waals surface area contributed by atoms with Gasteiger partial charge in [-0.2, -0.15) is 0 Å². The highest BCUT2D eigenvalue weighted by Crippen LogP contribution is 2.64. The van der Waals surface area contributed by atoms with Gasteiger partial charge < -0.3 is 22.9 Å². The molecule has 0 N–H and O–H groups in total. The molecule has 4 aromatic heterocycles. The number of rotatable bonds is 3. The molecule has 1 aliphatic carbocycles. The predicted molar refractivity (Wildman–Crippen MR) is 225 cm³/mol. The van der Waals surface area contributed by atoms with Gasteiger partial charge in [-0.25, -0.2) is 0 Å². The highest BCUT2D eigenvalue weighted by atomic mass is 16.4. The van der Waals surface area contributed by atoms with E-state index in [1.165, 1.54) is 49.2 Å². The first-order chi connectivity index (χ1) is 27.8. The van der Waals surface area contributed by atoms with E-state index in [-0.39, 0.29) is 0 Å². The van der Waals surface area contributed by atoms with Crippen LogP contribution in [0, 0.1) is 0 Å². The summed E-state index contributed by atoms with van der Waals surface area (Å²) in [7, 11) is 0. The van der Waals surface area contributed by atoms with Crippen LogP contribution in [0.3, 0.4) is 0 Å². The van der Waals surface area contributed by atoms with Gasteiger partial charge in [-0.05, 0) is 96.1 Å². The van der Waals surface area contributed by atoms with Crippen LogP contribution in [0.2, 0.25) is 0 Å². The van der Waals surface area contributed by atoms with Gasteiger partial charge in [0.25, 0.3) is 0 Å². The molecule has 0 bridgehead atoms. The van der Waals surface area contributed by atoms with Crippen molar-refractivity contribution in [1.82, 2.24) is 9.13 Å². The topological polar surface area (TPSA) is 39.4 Å². The first kappa shape index (κ1) is 29.9. The highest BCUT2D eigenvalue weighted by Gasteiger charge is 2.55. The minimum Gasteiger partial charge on any atom is -0.461 e. The van der Waals surface area contributed by atoms with Crippen LogP contribution in [0.4, 0.5) is 17.1 Å². The summed E-state index contributed by atoms with van der Waals surface area (Å²) in [4.78, 5) is 2.48. The molecule has 0 atom stereocenters. The number of benzene rings is 7. The lowest BCUT2D eigenvalue weighted by atomic mass is 9.65. The standard InChI is InChI=1S/C51H31N3O2/c1-3-13-32(14-4-1)52-43-20-10-7-17-35(43)37-29-34(23-24-45(37)52)54-46-22-12-9-19-39(46)51(40-25-27-55-49(40)50-41(51)26-28-56-50)42-30-38-36-18-8-11-21-44(36)53(47(38)31-48(42)54)33-15-5-2-6-16-33/h1-31H. The molecular weight excluding hydrogens is 687 g/mol. The molecule has 0 saturated heterocycles. The van der Waals surface area contributed by atoms with Crippen LogP contribution in [-0.2, 0) is 5.41 Å². The number of para-hydroxylation sites is 5. The number of hydrogen-bond donors (Lipinski definition) is 0. The third-order valence-corrected chi connectivity index (χ3v) is 12.3. The monoisotopic (exact) mass is 717 g/mol. The molecule has 0 fully saturated rings. The maximum Gasteiger partial charge on any atom is 0.174 e. The van der Waals surface area contributed by atoms with Crippen molar-refractivity contribution >= 4 is 60.7 Å². The number of hydrogen-bond acceptors (Lipinski definition) is 3. The molecule has 0 radical (unpaired) electrons. The summed E-state index contributed by atoms with van der Waals surface area (Å²) in [6, 6.07) is 63.9. The van der Waals surface area contributed by atoms with E-state index in [1.807, 2.05) is 12.5 Å². The minimum absolute atomic E-state index is 0.662. The Hall–Kier alpha value is -7.50. The second-order valence-corrected chi connectivity index (χ2v) is 14.9. The maximum atomic E-state index is 6.26. The fourth-order valence-electron chi connectivity index (χ4n) is 10.1. The average Bonchev–Trinajstić information content (AvgIpc) is 4.09. The zero-order valence-corrected chi connectivity index (χ0v) is 30.1. The largest absolute Gasteiger partial charge is 0.461 e. The summed E-state index contributed by atoms with van der Waals surface area (Å²) in [6.07, 6.45) is 3.62. The number of aromatic nitrogens is 2. The van der Waals surface area contributed by atoms with Gasteiger partial charge in [0.2, 0.25) is 0 Å². The van der Waals surface area contributed by atoms with Gasteiger partial charge in [0.05, 0.1) is 51.4 Å². The van der Waals surface area contributed by atoms with Gasteiger partial charge in [-0.3, -0.25) is 0 Å². The number of anilines is 3. The zero-order valence-electron chi connectivity index (χ0n) is 30.1. The van der Waals surface area contributed by atoms with Crippen molar-refractivity contribution in [2.45, 2.75) is 5.41 Å². The van der Waals surface area contributed by atoms with Gasteiger partial charge in [0.15, 0.2) is 11.5 Å². The van der Waals surface area contributed by atoms with Crippen LogP contribution in [0.15, 0.2) is 197 Å². The first-order valence-electron chi connectivity index (χ1n) is 19.1. The van der Waals surface area contributed by atoms with Gasteiger partial charge >= 0.3 is 0 Å². The van der Waals surface area contributed by atoms with Gasteiger partial charge in [-0.15, -0.1) is 0 Å². The quantitative estimate of drug-likeness (QED) is 0.183. The van der Waals surface area contributed by atoms with Crippen molar-refractivity contribution in [2.24, 2.45) is 0 Å². The van der Waals surface area contributed by atoms with Crippen molar-refractivity contribution in [3.63, 3.8) is 0 Å². The maximum absolute atomic E-state index is 6.26. The van der Waals surface area contributed by atoms with Crippen LogP contribution >= 0.6 is 0 Å². The number of furan rings is 2. The molecule has 7 aromatic carbocycles. The smallest absolute Gasteiger partial charge is 0.174 e. The lowest BCUT2D eigenvalue weighted by molar-refractivity contribution is 0.525. The van der Waals surface area contributed by atoms with Crippen LogP contribution in [0.25, 0.3) is 66.5 Å². The second kappa shape index (κ2) is 10.8. The molecule has 5 nitrogen and oxygen atoms in total. The Morgan fingerprint density at radius 3 is 1.54 bits per heavy atom. The molecular formula is C51H31N3O2. The van der Waals surface area contributed by atoms with Crippen molar-refractivity contribution in [1.29, 1.82) is 0 Å². The van der Waals surface area contributed by atoms with E-state index in [1.54, 1.807) is 0 Å². The van der Waals surface area contributed by atoms with E-state index < -0.39 is 5.41 Å². The lowest BCUT2D eigenvalue weighted by Crippen LogP contribution is -2.35. The molecule has 13 rings (SSSR count). The molecule has 56 heavy (non-hydrogen) atoms. The normalized spacial score (nSPS) is 13.8. The van der Waals surface area contributed by atoms with E-state index >= 15 is 0 Å². The predicted octanol–water partition coefficient (Wildman–Crippen LogP) is 13.2. The Morgan fingerprint density at radius 1 is 0.339 bits per heavy atom. The van der Waals surface area contributed by atoms with Crippen molar-refractivity contribution in [2.75, 3.05) is 4.90 Å². The minimum atomic E-state index is -0.662. The van der Waals surface area contributed by atoms with E-state index in [0.717, 1.165) is 56.6 Å². The second-order valence-electron chi connectivity index (χ2n) is 14.9. The zero-order chi connectivity index (χ0) is 36.5. The molecule has 1 spiro atoms. The molecule has 0 amide bonds. The number of nitrogens with zero attached hydrogens (tertiary/aromatic N) is 3. The summed E-state index contributed by atoms with van der Waals surface area (Å²) in [5.41, 5.74) is 14.2. The molecule has 262 valence electrons. The van der Waals surface area contributed by atoms with Crippen LogP contribution in [0.5, 0.6) is 0 Å². The molecule has 0 unspecified atom stereocenters. The molecule has 5 heterocycles. The lowest BCUT2D eigenvalue weighted by Gasteiger charge is -2.44. The highest BCUT2D eigenvalue weighted by molar-refractivity contribution is 6.14. The third-order valence-electron chi connectivity index (χ3n) is 12.3. The Balaban J connectivity index is 1.17. The van der Waals surface area contributed by atoms with Crippen molar-refractivity contribution in [3.8, 4) is 22.9 Å². The third kappa shape index (κ3) is 3.65. The summed E-state index contributed by atoms with van der Waals surface area (Å²) in [6.45, 7) is 0. The van der Waals surface area contributed by atoms with E-state index in [2.05, 4.69) is 190 Å². The summed E-state index contributed by atoms with van der Waals surface area (Å²) < 4.78 is 17.3. The Kier molecular flexibility index (Phi) is 5.77. The summed E-state index contributed by atoms with van der Waals surface area (Å²) in [5.74, 6) is 1.59. The van der Waals surface area contributed by atoms with Gasteiger partial charge in [0, 0.05) is 49.7 Å². The molecule has 5 heteroatoms. The Bertz CT molecular complexity index is 3340. The summed E-state index contributed by atoms with van der Waals surface area (Å²) in [5, 5.41) is 4.83.